The molecule has 20 heavy (non-hydrogen) atoms. The van der Waals surface area contributed by atoms with E-state index in [0.717, 1.165) is 11.1 Å². The van der Waals surface area contributed by atoms with Gasteiger partial charge in [-0.1, -0.05) is 26.7 Å². The summed E-state index contributed by atoms with van der Waals surface area (Å²) in [5.41, 5.74) is 0.943. The summed E-state index contributed by atoms with van der Waals surface area (Å²) in [6.07, 6.45) is 7.88. The van der Waals surface area contributed by atoms with E-state index in [1.165, 1.54) is 32.1 Å². The third-order valence-electron chi connectivity index (χ3n) is 4.12. The van der Waals surface area contributed by atoms with Crippen molar-refractivity contribution in [3.8, 4) is 0 Å². The van der Waals surface area contributed by atoms with Crippen LogP contribution in [0.2, 0.25) is 0 Å². The number of nitrogens with zero attached hydrogens (tertiary/aromatic N) is 1. The molecule has 1 N–H and O–H groups in total. The Kier molecular flexibility index (Phi) is 5.19. The van der Waals surface area contributed by atoms with Crippen molar-refractivity contribution in [3.63, 3.8) is 0 Å². The first kappa shape index (κ1) is 15.5. The number of rotatable bonds is 5. The van der Waals surface area contributed by atoms with E-state index in [-0.39, 0.29) is 5.91 Å². The molecule has 0 atom stereocenters. The van der Waals surface area contributed by atoms with E-state index in [2.05, 4.69) is 40.1 Å². The minimum Gasteiger partial charge on any atom is -0.351 e. The summed E-state index contributed by atoms with van der Waals surface area (Å²) in [6, 6.07) is 3.60. The molecule has 0 aliphatic heterocycles. The highest BCUT2D eigenvalue weighted by Crippen LogP contribution is 2.42. The lowest BCUT2D eigenvalue weighted by molar-refractivity contribution is 0.0921. The second-order valence-electron chi connectivity index (χ2n) is 6.36. The standard InChI is InChI=1S/C16H23BrN2O/c1-12(2)9-16(7-3-4-8-16)11-19-15(20)13-5-6-14(17)18-10-13/h5-6,10,12H,3-4,7-9,11H2,1-2H3,(H,19,20). The lowest BCUT2D eigenvalue weighted by Crippen LogP contribution is -2.36. The quantitative estimate of drug-likeness (QED) is 0.818. The zero-order chi connectivity index (χ0) is 14.6. The molecule has 3 nitrogen and oxygen atoms in total. The molecule has 1 aliphatic rings. The smallest absolute Gasteiger partial charge is 0.252 e. The summed E-state index contributed by atoms with van der Waals surface area (Å²) in [7, 11) is 0. The van der Waals surface area contributed by atoms with Crippen molar-refractivity contribution in [1.82, 2.24) is 10.3 Å². The van der Waals surface area contributed by atoms with Crippen LogP contribution < -0.4 is 5.32 Å². The summed E-state index contributed by atoms with van der Waals surface area (Å²) >= 11 is 3.28. The summed E-state index contributed by atoms with van der Waals surface area (Å²) in [4.78, 5) is 16.3. The van der Waals surface area contributed by atoms with Gasteiger partial charge in [-0.2, -0.15) is 0 Å². The Balaban J connectivity index is 1.95. The maximum absolute atomic E-state index is 12.2. The van der Waals surface area contributed by atoms with Crippen LogP contribution in [0.5, 0.6) is 0 Å². The molecule has 1 saturated carbocycles. The summed E-state index contributed by atoms with van der Waals surface area (Å²) in [5, 5.41) is 3.11. The van der Waals surface area contributed by atoms with Gasteiger partial charge in [0, 0.05) is 12.7 Å². The molecule has 0 bridgehead atoms. The summed E-state index contributed by atoms with van der Waals surface area (Å²) < 4.78 is 0.751. The van der Waals surface area contributed by atoms with Crippen LogP contribution in [0, 0.1) is 11.3 Å². The Labute approximate surface area is 129 Å². The molecule has 110 valence electrons. The van der Waals surface area contributed by atoms with Crippen molar-refractivity contribution in [2.24, 2.45) is 11.3 Å². The van der Waals surface area contributed by atoms with Crippen LogP contribution in [-0.2, 0) is 0 Å². The predicted octanol–water partition coefficient (Wildman–Crippen LogP) is 4.18. The van der Waals surface area contributed by atoms with Gasteiger partial charge in [0.05, 0.1) is 5.56 Å². The number of carbonyl (C=O) groups excluding carboxylic acids is 1. The van der Waals surface area contributed by atoms with Gasteiger partial charge in [-0.3, -0.25) is 4.79 Å². The number of hydrogen-bond acceptors (Lipinski definition) is 2. The summed E-state index contributed by atoms with van der Waals surface area (Å²) in [5.74, 6) is 0.666. The first-order valence-corrected chi connectivity index (χ1v) is 8.20. The van der Waals surface area contributed by atoms with Crippen LogP contribution in [0.1, 0.15) is 56.3 Å². The van der Waals surface area contributed by atoms with Gasteiger partial charge >= 0.3 is 0 Å². The topological polar surface area (TPSA) is 42.0 Å². The van der Waals surface area contributed by atoms with E-state index in [1.807, 2.05) is 0 Å². The van der Waals surface area contributed by atoms with Gasteiger partial charge in [-0.05, 0) is 58.7 Å². The number of pyridine rings is 1. The number of nitrogens with one attached hydrogen (secondary N) is 1. The number of aromatic nitrogens is 1. The Morgan fingerprint density at radius 3 is 2.65 bits per heavy atom. The van der Waals surface area contributed by atoms with Gasteiger partial charge in [0.1, 0.15) is 4.60 Å². The van der Waals surface area contributed by atoms with E-state index in [9.17, 15) is 4.79 Å². The van der Waals surface area contributed by atoms with Crippen LogP contribution in [0.4, 0.5) is 0 Å². The zero-order valence-electron chi connectivity index (χ0n) is 12.3. The van der Waals surface area contributed by atoms with Crippen molar-refractivity contribution in [2.45, 2.75) is 46.0 Å². The monoisotopic (exact) mass is 338 g/mol. The highest BCUT2D eigenvalue weighted by Gasteiger charge is 2.34. The van der Waals surface area contributed by atoms with Crippen LogP contribution >= 0.6 is 15.9 Å². The first-order valence-electron chi connectivity index (χ1n) is 7.40. The number of hydrogen-bond donors (Lipinski definition) is 1. The van der Waals surface area contributed by atoms with Crippen molar-refractivity contribution in [2.75, 3.05) is 6.54 Å². The minimum absolute atomic E-state index is 0.0139. The molecule has 0 aromatic carbocycles. The zero-order valence-corrected chi connectivity index (χ0v) is 13.9. The Morgan fingerprint density at radius 2 is 2.10 bits per heavy atom. The molecular weight excluding hydrogens is 316 g/mol. The molecule has 1 aromatic rings. The average molecular weight is 339 g/mol. The third-order valence-corrected chi connectivity index (χ3v) is 4.59. The fourth-order valence-corrected chi connectivity index (χ4v) is 3.56. The van der Waals surface area contributed by atoms with Gasteiger partial charge in [0.25, 0.3) is 5.91 Å². The minimum atomic E-state index is -0.0139. The fraction of sp³-hybridized carbons (Fsp3) is 0.625. The number of carbonyl (C=O) groups is 1. The Bertz CT molecular complexity index is 450. The number of amides is 1. The fourth-order valence-electron chi connectivity index (χ4n) is 3.32. The maximum Gasteiger partial charge on any atom is 0.252 e. The van der Waals surface area contributed by atoms with Gasteiger partial charge in [-0.25, -0.2) is 4.98 Å². The van der Waals surface area contributed by atoms with E-state index in [4.69, 9.17) is 0 Å². The highest BCUT2D eigenvalue weighted by molar-refractivity contribution is 9.10. The molecule has 1 aliphatic carbocycles. The van der Waals surface area contributed by atoms with E-state index >= 15 is 0 Å². The van der Waals surface area contributed by atoms with Gasteiger partial charge < -0.3 is 5.32 Å². The lowest BCUT2D eigenvalue weighted by Gasteiger charge is -2.31. The third kappa shape index (κ3) is 4.05. The second-order valence-corrected chi connectivity index (χ2v) is 7.17. The second kappa shape index (κ2) is 6.70. The molecule has 1 heterocycles. The van der Waals surface area contributed by atoms with Crippen molar-refractivity contribution >= 4 is 21.8 Å². The first-order chi connectivity index (χ1) is 9.51. The van der Waals surface area contributed by atoms with Crippen LogP contribution in [0.3, 0.4) is 0 Å². The predicted molar refractivity (Wildman–Crippen MR) is 84.6 cm³/mol. The molecule has 4 heteroatoms. The van der Waals surface area contributed by atoms with Gasteiger partial charge in [-0.15, -0.1) is 0 Å². The molecule has 1 amide bonds. The van der Waals surface area contributed by atoms with Gasteiger partial charge in [0.2, 0.25) is 0 Å². The SMILES string of the molecule is CC(C)CC1(CNC(=O)c2ccc(Br)nc2)CCCC1. The summed E-state index contributed by atoms with van der Waals surface area (Å²) in [6.45, 7) is 5.32. The molecule has 2 rings (SSSR count). The molecule has 1 fully saturated rings. The number of halogens is 1. The molecule has 0 radical (unpaired) electrons. The maximum atomic E-state index is 12.2. The van der Waals surface area contributed by atoms with E-state index < -0.39 is 0 Å². The van der Waals surface area contributed by atoms with E-state index in [0.29, 0.717) is 16.9 Å². The van der Waals surface area contributed by atoms with Crippen LogP contribution in [0.25, 0.3) is 0 Å². The van der Waals surface area contributed by atoms with Crippen LogP contribution in [0.15, 0.2) is 22.9 Å². The van der Waals surface area contributed by atoms with Crippen molar-refractivity contribution < 1.29 is 4.79 Å². The largest absolute Gasteiger partial charge is 0.351 e. The Hall–Kier alpha value is -0.900. The Morgan fingerprint density at radius 1 is 1.40 bits per heavy atom. The molecule has 0 saturated heterocycles. The van der Waals surface area contributed by atoms with Crippen LogP contribution in [-0.4, -0.2) is 17.4 Å². The van der Waals surface area contributed by atoms with Crippen molar-refractivity contribution in [3.05, 3.63) is 28.5 Å². The molecule has 0 spiro atoms. The highest BCUT2D eigenvalue weighted by atomic mass is 79.9. The molecular formula is C16H23BrN2O. The molecule has 1 aromatic heterocycles. The normalized spacial score (nSPS) is 17.4. The van der Waals surface area contributed by atoms with Gasteiger partial charge in [0.15, 0.2) is 0 Å². The van der Waals surface area contributed by atoms with E-state index in [1.54, 1.807) is 18.3 Å². The molecule has 0 unspecified atom stereocenters. The average Bonchev–Trinajstić information content (AvgIpc) is 2.85. The lowest BCUT2D eigenvalue weighted by atomic mass is 9.78. The van der Waals surface area contributed by atoms with Crippen molar-refractivity contribution in [1.29, 1.82) is 0 Å².